The molecule has 3 unspecified atom stereocenters. The van der Waals surface area contributed by atoms with Crippen LogP contribution in [0, 0.1) is 11.8 Å². The van der Waals surface area contributed by atoms with Gasteiger partial charge in [-0.25, -0.2) is 0 Å². The third-order valence-electron chi connectivity index (χ3n) is 4.89. The maximum absolute atomic E-state index is 12.0. The normalized spacial score (nSPS) is 31.4. The van der Waals surface area contributed by atoms with Gasteiger partial charge < -0.3 is 10.2 Å². The van der Waals surface area contributed by atoms with Crippen molar-refractivity contribution < 1.29 is 4.79 Å². The summed E-state index contributed by atoms with van der Waals surface area (Å²) in [7, 11) is 0. The van der Waals surface area contributed by atoms with E-state index in [1.165, 1.54) is 38.5 Å². The summed E-state index contributed by atoms with van der Waals surface area (Å²) >= 11 is 0. The van der Waals surface area contributed by atoms with Crippen molar-refractivity contribution in [3.8, 4) is 0 Å². The Hall–Kier alpha value is -0.570. The molecule has 1 heterocycles. The Balaban J connectivity index is 1.74. The van der Waals surface area contributed by atoms with Gasteiger partial charge in [0.15, 0.2) is 0 Å². The van der Waals surface area contributed by atoms with Crippen LogP contribution in [0.5, 0.6) is 0 Å². The maximum atomic E-state index is 12.0. The summed E-state index contributed by atoms with van der Waals surface area (Å²) in [5.74, 6) is 1.82. The zero-order valence-electron chi connectivity index (χ0n) is 12.7. The van der Waals surface area contributed by atoms with E-state index in [-0.39, 0.29) is 0 Å². The molecule has 1 N–H and O–H groups in total. The third-order valence-corrected chi connectivity index (χ3v) is 4.89. The predicted molar refractivity (Wildman–Crippen MR) is 79.0 cm³/mol. The van der Waals surface area contributed by atoms with Crippen molar-refractivity contribution in [2.24, 2.45) is 11.8 Å². The van der Waals surface area contributed by atoms with Crippen molar-refractivity contribution in [3.05, 3.63) is 0 Å². The van der Waals surface area contributed by atoms with Crippen LogP contribution in [0.2, 0.25) is 0 Å². The Bertz CT molecular complexity index is 292. The summed E-state index contributed by atoms with van der Waals surface area (Å²) in [5, 5.41) is 3.61. The molecule has 110 valence electrons. The van der Waals surface area contributed by atoms with E-state index in [9.17, 15) is 4.79 Å². The molecule has 2 rings (SSSR count). The quantitative estimate of drug-likeness (QED) is 0.768. The van der Waals surface area contributed by atoms with E-state index < -0.39 is 0 Å². The fourth-order valence-corrected chi connectivity index (χ4v) is 3.91. The molecule has 1 aliphatic carbocycles. The van der Waals surface area contributed by atoms with Crippen molar-refractivity contribution in [1.82, 2.24) is 10.2 Å². The molecule has 2 aliphatic rings. The number of hydrogen-bond acceptors (Lipinski definition) is 2. The summed E-state index contributed by atoms with van der Waals surface area (Å²) in [6, 6.07) is 0.703. The lowest BCUT2D eigenvalue weighted by Gasteiger charge is -2.23. The molecule has 0 aromatic heterocycles. The highest BCUT2D eigenvalue weighted by molar-refractivity contribution is 5.78. The summed E-state index contributed by atoms with van der Waals surface area (Å²) in [6.45, 7) is 7.49. The lowest BCUT2D eigenvalue weighted by molar-refractivity contribution is -0.127. The van der Waals surface area contributed by atoms with Crippen molar-refractivity contribution in [2.75, 3.05) is 19.6 Å². The van der Waals surface area contributed by atoms with E-state index in [0.717, 1.165) is 32.0 Å². The topological polar surface area (TPSA) is 32.3 Å². The van der Waals surface area contributed by atoms with Gasteiger partial charge in [-0.15, -0.1) is 0 Å². The number of hydrogen-bond donors (Lipinski definition) is 1. The van der Waals surface area contributed by atoms with Crippen LogP contribution >= 0.6 is 0 Å². The summed E-state index contributed by atoms with van der Waals surface area (Å²) in [4.78, 5) is 14.1. The first-order valence-electron chi connectivity index (χ1n) is 8.25. The molecular formula is C16H30N2O. The van der Waals surface area contributed by atoms with Crippen molar-refractivity contribution in [1.29, 1.82) is 0 Å². The molecule has 0 aromatic carbocycles. The van der Waals surface area contributed by atoms with Gasteiger partial charge in [0.25, 0.3) is 0 Å². The third kappa shape index (κ3) is 3.95. The molecule has 1 saturated heterocycles. The van der Waals surface area contributed by atoms with Crippen LogP contribution in [0.15, 0.2) is 0 Å². The minimum Gasteiger partial charge on any atom is -0.342 e. The van der Waals surface area contributed by atoms with E-state index in [1.807, 2.05) is 0 Å². The fraction of sp³-hybridized carbons (Fsp3) is 0.938. The Morgan fingerprint density at radius 2 is 2.11 bits per heavy atom. The summed E-state index contributed by atoms with van der Waals surface area (Å²) < 4.78 is 0. The Labute approximate surface area is 118 Å². The highest BCUT2D eigenvalue weighted by atomic mass is 16.2. The first kappa shape index (κ1) is 14.8. The van der Waals surface area contributed by atoms with Crippen LogP contribution in [-0.4, -0.2) is 36.5 Å². The molecule has 1 amide bonds. The van der Waals surface area contributed by atoms with Gasteiger partial charge in [0, 0.05) is 25.6 Å². The molecule has 3 nitrogen and oxygen atoms in total. The Kier molecular flexibility index (Phi) is 5.68. The molecule has 2 fully saturated rings. The monoisotopic (exact) mass is 266 g/mol. The van der Waals surface area contributed by atoms with Crippen LogP contribution < -0.4 is 5.32 Å². The fourth-order valence-electron chi connectivity index (χ4n) is 3.91. The Morgan fingerprint density at radius 1 is 1.26 bits per heavy atom. The minimum atomic E-state index is 0.399. The van der Waals surface area contributed by atoms with E-state index in [4.69, 9.17) is 0 Å². The number of amides is 1. The van der Waals surface area contributed by atoms with Gasteiger partial charge in [0.2, 0.25) is 5.91 Å². The van der Waals surface area contributed by atoms with Crippen LogP contribution in [0.25, 0.3) is 0 Å². The molecule has 0 bridgehead atoms. The van der Waals surface area contributed by atoms with E-state index in [2.05, 4.69) is 24.1 Å². The van der Waals surface area contributed by atoms with Crippen LogP contribution in [0.4, 0.5) is 0 Å². The van der Waals surface area contributed by atoms with E-state index >= 15 is 0 Å². The highest BCUT2D eigenvalue weighted by Gasteiger charge is 2.31. The van der Waals surface area contributed by atoms with Crippen molar-refractivity contribution in [3.63, 3.8) is 0 Å². The number of carbonyl (C=O) groups is 1. The lowest BCUT2D eigenvalue weighted by atomic mass is 9.99. The lowest BCUT2D eigenvalue weighted by Crippen LogP contribution is -2.35. The smallest absolute Gasteiger partial charge is 0.222 e. The molecule has 19 heavy (non-hydrogen) atoms. The molecule has 0 radical (unpaired) electrons. The van der Waals surface area contributed by atoms with Gasteiger partial charge in [0.1, 0.15) is 0 Å². The molecule has 3 atom stereocenters. The first-order chi connectivity index (χ1) is 9.24. The standard InChI is InChI=1S/C16H30N2O/c1-3-6-13-11-16(19)18(12-13)10-9-14-7-5-8-15(14)17-4-2/h13-15,17H,3-12H2,1-2H3. The Morgan fingerprint density at radius 3 is 2.84 bits per heavy atom. The van der Waals surface area contributed by atoms with Gasteiger partial charge in [-0.3, -0.25) is 4.79 Å². The van der Waals surface area contributed by atoms with Gasteiger partial charge in [-0.2, -0.15) is 0 Å². The van der Waals surface area contributed by atoms with E-state index in [1.54, 1.807) is 0 Å². The summed E-state index contributed by atoms with van der Waals surface area (Å²) in [6.07, 6.45) is 8.44. The molecule has 0 spiro atoms. The van der Waals surface area contributed by atoms with Crippen LogP contribution in [0.1, 0.15) is 58.8 Å². The van der Waals surface area contributed by atoms with Crippen LogP contribution in [0.3, 0.4) is 0 Å². The molecule has 1 saturated carbocycles. The van der Waals surface area contributed by atoms with Crippen molar-refractivity contribution in [2.45, 2.75) is 64.8 Å². The molecule has 1 aliphatic heterocycles. The highest BCUT2D eigenvalue weighted by Crippen LogP contribution is 2.30. The SMILES string of the molecule is CCCC1CC(=O)N(CCC2CCCC2NCC)C1. The maximum Gasteiger partial charge on any atom is 0.222 e. The number of nitrogens with one attached hydrogen (secondary N) is 1. The molecular weight excluding hydrogens is 236 g/mol. The minimum absolute atomic E-state index is 0.399. The van der Waals surface area contributed by atoms with Gasteiger partial charge in [-0.05, 0) is 44.1 Å². The molecule has 0 aromatic rings. The predicted octanol–water partition coefficient (Wildman–Crippen LogP) is 2.80. The largest absolute Gasteiger partial charge is 0.342 e. The number of likely N-dealkylation sites (tertiary alicyclic amines) is 1. The number of nitrogens with zero attached hydrogens (tertiary/aromatic N) is 1. The van der Waals surface area contributed by atoms with E-state index in [0.29, 0.717) is 17.9 Å². The second-order valence-corrected chi connectivity index (χ2v) is 6.34. The van der Waals surface area contributed by atoms with Crippen molar-refractivity contribution >= 4 is 5.91 Å². The second kappa shape index (κ2) is 7.28. The first-order valence-corrected chi connectivity index (χ1v) is 8.25. The second-order valence-electron chi connectivity index (χ2n) is 6.34. The average molecular weight is 266 g/mol. The molecule has 3 heteroatoms. The van der Waals surface area contributed by atoms with Gasteiger partial charge >= 0.3 is 0 Å². The van der Waals surface area contributed by atoms with Gasteiger partial charge in [0.05, 0.1) is 0 Å². The zero-order valence-corrected chi connectivity index (χ0v) is 12.7. The average Bonchev–Trinajstić information content (AvgIpc) is 2.95. The number of rotatable bonds is 7. The van der Waals surface area contributed by atoms with Gasteiger partial charge in [-0.1, -0.05) is 26.7 Å². The number of carbonyl (C=O) groups excluding carboxylic acids is 1. The summed E-state index contributed by atoms with van der Waals surface area (Å²) in [5.41, 5.74) is 0. The van der Waals surface area contributed by atoms with Crippen LogP contribution in [-0.2, 0) is 4.79 Å². The zero-order chi connectivity index (χ0) is 13.7.